The van der Waals surface area contributed by atoms with Crippen LogP contribution < -0.4 is 10.1 Å². The van der Waals surface area contributed by atoms with Crippen LogP contribution in [0.4, 0.5) is 10.6 Å². The number of aromatic nitrogens is 3. The average Bonchev–Trinajstić information content (AvgIpc) is 3.63. The first kappa shape index (κ1) is 31.7. The van der Waals surface area contributed by atoms with Crippen LogP contribution in [0.3, 0.4) is 0 Å². The van der Waals surface area contributed by atoms with Gasteiger partial charge in [0.1, 0.15) is 28.9 Å². The van der Waals surface area contributed by atoms with Crippen molar-refractivity contribution in [2.45, 2.75) is 77.0 Å². The van der Waals surface area contributed by atoms with Gasteiger partial charge in [-0.1, -0.05) is 30.3 Å². The Hall–Kier alpha value is -4.32. The molecule has 4 aromatic rings. The second-order valence-electron chi connectivity index (χ2n) is 12.9. The van der Waals surface area contributed by atoms with Crippen LogP contribution in [0.5, 0.6) is 5.75 Å². The topological polar surface area (TPSA) is 123 Å². The van der Waals surface area contributed by atoms with Crippen molar-refractivity contribution in [1.29, 1.82) is 0 Å². The lowest BCUT2D eigenvalue weighted by Crippen LogP contribution is -2.39. The molecule has 242 valence electrons. The van der Waals surface area contributed by atoms with Gasteiger partial charge in [0, 0.05) is 69.2 Å². The number of hydrogen-bond donors (Lipinski definition) is 1. The zero-order chi connectivity index (χ0) is 32.5. The molecule has 0 bridgehead atoms. The number of carbonyl (C=O) groups is 2. The summed E-state index contributed by atoms with van der Waals surface area (Å²) in [7, 11) is 1.66. The van der Waals surface area contributed by atoms with Crippen LogP contribution in [0.25, 0.3) is 22.2 Å². The van der Waals surface area contributed by atoms with Gasteiger partial charge >= 0.3 is 6.09 Å². The maximum Gasteiger partial charge on any atom is 0.419 e. The van der Waals surface area contributed by atoms with E-state index in [1.807, 2.05) is 51.1 Å². The summed E-state index contributed by atoms with van der Waals surface area (Å²) in [6.07, 6.45) is 4.93. The van der Waals surface area contributed by atoms with E-state index < -0.39 is 17.3 Å². The van der Waals surface area contributed by atoms with E-state index in [-0.39, 0.29) is 18.1 Å². The van der Waals surface area contributed by atoms with Crippen molar-refractivity contribution in [2.75, 3.05) is 25.6 Å². The Kier molecular flexibility index (Phi) is 8.82. The standard InChI is InChI=1S/C35H40N4O7/c1-22(40)37-32-17-27-28(19-39(30(27)18-36-32)33(41)46-34(2,3)4)29-15-26(16-31(38-29)35(42-5)11-12-43-21-35)45-25-13-24(14-25)44-20-23-9-7-6-8-10-23/h6-10,15-19,24-25H,11-14,20-21H2,1-5H3,(H,36,37,40). The van der Waals surface area contributed by atoms with Crippen molar-refractivity contribution >= 4 is 28.7 Å². The van der Waals surface area contributed by atoms with Gasteiger partial charge in [0.15, 0.2) is 0 Å². The number of hydrogen-bond acceptors (Lipinski definition) is 9. The van der Waals surface area contributed by atoms with Crippen molar-refractivity contribution in [3.8, 4) is 17.0 Å². The van der Waals surface area contributed by atoms with Crippen LogP contribution in [0, 0.1) is 0 Å². The Bertz CT molecular complexity index is 1720. The Morgan fingerprint density at radius 1 is 1.11 bits per heavy atom. The number of pyridine rings is 2. The number of nitrogens with one attached hydrogen (secondary N) is 1. The fraction of sp³-hybridized carbons (Fsp3) is 0.429. The molecule has 1 saturated heterocycles. The van der Waals surface area contributed by atoms with Gasteiger partial charge in [0.25, 0.3) is 0 Å². The molecule has 6 rings (SSSR count). The summed E-state index contributed by atoms with van der Waals surface area (Å²) >= 11 is 0. The van der Waals surface area contributed by atoms with E-state index in [4.69, 9.17) is 28.7 Å². The van der Waals surface area contributed by atoms with Gasteiger partial charge < -0.3 is 29.0 Å². The molecular formula is C35H40N4O7. The van der Waals surface area contributed by atoms with E-state index in [0.717, 1.165) is 18.4 Å². The molecule has 1 amide bonds. The molecule has 1 unspecified atom stereocenters. The number of rotatable bonds is 9. The summed E-state index contributed by atoms with van der Waals surface area (Å²) in [5.41, 5.74) is 2.07. The summed E-state index contributed by atoms with van der Waals surface area (Å²) in [6.45, 7) is 8.31. The highest BCUT2D eigenvalue weighted by atomic mass is 16.6. The molecule has 4 heterocycles. The minimum absolute atomic E-state index is 0.0270. The molecular weight excluding hydrogens is 588 g/mol. The number of fused-ring (bicyclic) bond motifs is 1. The van der Waals surface area contributed by atoms with Crippen LogP contribution in [0.2, 0.25) is 0 Å². The van der Waals surface area contributed by atoms with E-state index >= 15 is 0 Å². The summed E-state index contributed by atoms with van der Waals surface area (Å²) in [6, 6.07) is 15.6. The third-order valence-electron chi connectivity index (χ3n) is 8.19. The van der Waals surface area contributed by atoms with E-state index in [9.17, 15) is 9.59 Å². The van der Waals surface area contributed by atoms with Gasteiger partial charge in [-0.25, -0.2) is 14.8 Å². The molecule has 3 aromatic heterocycles. The van der Waals surface area contributed by atoms with Crippen molar-refractivity contribution in [2.24, 2.45) is 0 Å². The summed E-state index contributed by atoms with van der Waals surface area (Å²) < 4.78 is 31.5. The third kappa shape index (κ3) is 6.91. The number of nitrogens with zero attached hydrogens (tertiary/aromatic N) is 3. The normalized spacial score (nSPS) is 21.2. The van der Waals surface area contributed by atoms with Crippen LogP contribution in [0.1, 0.15) is 58.2 Å². The molecule has 1 aromatic carbocycles. The highest BCUT2D eigenvalue weighted by molar-refractivity contribution is 6.02. The number of anilines is 1. The fourth-order valence-corrected chi connectivity index (χ4v) is 5.73. The van der Waals surface area contributed by atoms with Crippen LogP contribution in [-0.4, -0.2) is 64.7 Å². The SMILES string of the molecule is COC1(c2cc(OC3CC(OCc4ccccc4)C3)cc(-c3cn(C(=O)OC(C)(C)C)c4cnc(NC(C)=O)cc34)n2)CCOC1. The monoisotopic (exact) mass is 628 g/mol. The Morgan fingerprint density at radius 3 is 2.57 bits per heavy atom. The number of ether oxygens (including phenoxy) is 5. The predicted molar refractivity (Wildman–Crippen MR) is 172 cm³/mol. The number of amides is 1. The maximum atomic E-state index is 13.3. The quantitative estimate of drug-likeness (QED) is 0.230. The lowest BCUT2D eigenvalue weighted by atomic mass is 9.91. The van der Waals surface area contributed by atoms with Gasteiger partial charge in [-0.15, -0.1) is 0 Å². The average molecular weight is 629 g/mol. The van der Waals surface area contributed by atoms with Gasteiger partial charge in [-0.3, -0.25) is 9.36 Å². The van der Waals surface area contributed by atoms with Crippen molar-refractivity contribution in [1.82, 2.24) is 14.5 Å². The van der Waals surface area contributed by atoms with Gasteiger partial charge in [-0.05, 0) is 32.4 Å². The molecule has 2 fully saturated rings. The summed E-state index contributed by atoms with van der Waals surface area (Å²) in [4.78, 5) is 34.6. The molecule has 1 N–H and O–H groups in total. The van der Waals surface area contributed by atoms with Gasteiger partial charge in [0.05, 0.1) is 42.4 Å². The first-order chi connectivity index (χ1) is 22.0. The van der Waals surface area contributed by atoms with E-state index in [2.05, 4.69) is 22.4 Å². The minimum atomic E-state index is -0.749. The van der Waals surface area contributed by atoms with Gasteiger partial charge in [-0.2, -0.15) is 0 Å². The first-order valence-electron chi connectivity index (χ1n) is 15.5. The predicted octanol–water partition coefficient (Wildman–Crippen LogP) is 6.23. The molecule has 0 radical (unpaired) electrons. The first-order valence-corrected chi connectivity index (χ1v) is 15.5. The Labute approximate surface area is 268 Å². The molecule has 11 nitrogen and oxygen atoms in total. The maximum absolute atomic E-state index is 13.3. The van der Waals surface area contributed by atoms with E-state index in [1.165, 1.54) is 11.5 Å². The largest absolute Gasteiger partial charge is 0.490 e. The Morgan fingerprint density at radius 2 is 1.89 bits per heavy atom. The Balaban J connectivity index is 1.35. The molecule has 46 heavy (non-hydrogen) atoms. The molecule has 2 aliphatic rings. The molecule has 1 saturated carbocycles. The summed E-state index contributed by atoms with van der Waals surface area (Å²) in [5.74, 6) is 0.721. The van der Waals surface area contributed by atoms with Crippen molar-refractivity contribution in [3.05, 3.63) is 72.2 Å². The highest BCUT2D eigenvalue weighted by Crippen LogP contribution is 2.40. The fourth-order valence-electron chi connectivity index (χ4n) is 5.73. The molecule has 11 heteroatoms. The van der Waals surface area contributed by atoms with Crippen LogP contribution in [-0.2, 0) is 35.9 Å². The van der Waals surface area contributed by atoms with E-state index in [0.29, 0.717) is 65.7 Å². The second kappa shape index (κ2) is 12.8. The third-order valence-corrected chi connectivity index (χ3v) is 8.19. The molecule has 1 atom stereocenters. The second-order valence-corrected chi connectivity index (χ2v) is 12.9. The van der Waals surface area contributed by atoms with E-state index in [1.54, 1.807) is 25.6 Å². The smallest absolute Gasteiger partial charge is 0.419 e. The lowest BCUT2D eigenvalue weighted by Gasteiger charge is -2.35. The minimum Gasteiger partial charge on any atom is -0.490 e. The zero-order valence-electron chi connectivity index (χ0n) is 26.9. The van der Waals surface area contributed by atoms with Gasteiger partial charge in [0.2, 0.25) is 5.91 Å². The zero-order valence-corrected chi connectivity index (χ0v) is 26.9. The van der Waals surface area contributed by atoms with Crippen LogP contribution >= 0.6 is 0 Å². The highest BCUT2D eigenvalue weighted by Gasteiger charge is 2.40. The lowest BCUT2D eigenvalue weighted by molar-refractivity contribution is -0.114. The molecule has 1 aliphatic heterocycles. The number of carbonyl (C=O) groups excluding carboxylic acids is 2. The van der Waals surface area contributed by atoms with Crippen molar-refractivity contribution in [3.63, 3.8) is 0 Å². The number of benzene rings is 1. The molecule has 1 aliphatic carbocycles. The van der Waals surface area contributed by atoms with Crippen LogP contribution in [0.15, 0.2) is 60.9 Å². The van der Waals surface area contributed by atoms with Crippen molar-refractivity contribution < 1.29 is 33.3 Å². The number of methoxy groups -OCH3 is 1. The summed E-state index contributed by atoms with van der Waals surface area (Å²) in [5, 5.41) is 3.39. The molecule has 0 spiro atoms.